The van der Waals surface area contributed by atoms with E-state index in [4.69, 9.17) is 4.74 Å². The fourth-order valence-corrected chi connectivity index (χ4v) is 1.65. The van der Waals surface area contributed by atoms with E-state index < -0.39 is 0 Å². The molecule has 2 aromatic carbocycles. The minimum atomic E-state index is -0.270. The Morgan fingerprint density at radius 1 is 1.00 bits per heavy atom. The molecule has 21 heavy (non-hydrogen) atoms. The zero-order chi connectivity index (χ0) is 14.9. The van der Waals surface area contributed by atoms with E-state index in [0.717, 1.165) is 17.1 Å². The Morgan fingerprint density at radius 3 is 2.24 bits per heavy atom. The molecule has 108 valence electrons. The van der Waals surface area contributed by atoms with Crippen molar-refractivity contribution in [1.29, 1.82) is 0 Å². The van der Waals surface area contributed by atoms with Crippen LogP contribution in [0.15, 0.2) is 64.8 Å². The van der Waals surface area contributed by atoms with Gasteiger partial charge in [-0.15, -0.1) is 0 Å². The first kappa shape index (κ1) is 14.7. The SMILES string of the molecule is CC(=O)OCCNc1ccc(N=Nc2ccccc2)cc1. The monoisotopic (exact) mass is 283 g/mol. The normalized spacial score (nSPS) is 10.5. The fraction of sp³-hybridized carbons (Fsp3) is 0.188. The van der Waals surface area contributed by atoms with Crippen molar-refractivity contribution in [2.75, 3.05) is 18.5 Å². The predicted octanol–water partition coefficient (Wildman–Crippen LogP) is 4.08. The van der Waals surface area contributed by atoms with Crippen molar-refractivity contribution in [3.63, 3.8) is 0 Å². The molecule has 0 saturated heterocycles. The molecule has 5 heteroatoms. The third kappa shape index (κ3) is 5.44. The number of hydrogen-bond acceptors (Lipinski definition) is 5. The van der Waals surface area contributed by atoms with Crippen LogP contribution in [0, 0.1) is 0 Å². The van der Waals surface area contributed by atoms with Gasteiger partial charge in [0.1, 0.15) is 6.61 Å². The lowest BCUT2D eigenvalue weighted by molar-refractivity contribution is -0.140. The molecule has 1 N–H and O–H groups in total. The number of nitrogens with one attached hydrogen (secondary N) is 1. The lowest BCUT2D eigenvalue weighted by atomic mass is 10.3. The average molecular weight is 283 g/mol. The maximum Gasteiger partial charge on any atom is 0.302 e. The van der Waals surface area contributed by atoms with E-state index in [-0.39, 0.29) is 5.97 Å². The number of ether oxygens (including phenoxy) is 1. The van der Waals surface area contributed by atoms with E-state index in [1.165, 1.54) is 6.92 Å². The van der Waals surface area contributed by atoms with Gasteiger partial charge in [0.2, 0.25) is 0 Å². The van der Waals surface area contributed by atoms with Crippen molar-refractivity contribution in [3.05, 3.63) is 54.6 Å². The number of hydrogen-bond donors (Lipinski definition) is 1. The quantitative estimate of drug-likeness (QED) is 0.493. The number of azo groups is 1. The van der Waals surface area contributed by atoms with Crippen molar-refractivity contribution in [3.8, 4) is 0 Å². The Bertz CT molecular complexity index is 595. The molecule has 0 bridgehead atoms. The number of esters is 1. The highest BCUT2D eigenvalue weighted by molar-refractivity contribution is 5.65. The maximum atomic E-state index is 10.6. The van der Waals surface area contributed by atoms with Crippen LogP contribution in [-0.4, -0.2) is 19.1 Å². The largest absolute Gasteiger partial charge is 0.464 e. The van der Waals surface area contributed by atoms with Crippen LogP contribution in [-0.2, 0) is 9.53 Å². The molecule has 0 aliphatic rings. The van der Waals surface area contributed by atoms with Crippen molar-refractivity contribution >= 4 is 23.0 Å². The van der Waals surface area contributed by atoms with Gasteiger partial charge in [-0.2, -0.15) is 10.2 Å². The van der Waals surface area contributed by atoms with Crippen molar-refractivity contribution in [1.82, 2.24) is 0 Å². The summed E-state index contributed by atoms with van der Waals surface area (Å²) < 4.78 is 4.84. The fourth-order valence-electron chi connectivity index (χ4n) is 1.65. The number of rotatable bonds is 6. The molecule has 0 aliphatic carbocycles. The number of carbonyl (C=O) groups excluding carboxylic acids is 1. The third-order valence-electron chi connectivity index (χ3n) is 2.64. The molecule has 0 aliphatic heterocycles. The first-order valence-corrected chi connectivity index (χ1v) is 6.68. The van der Waals surface area contributed by atoms with E-state index in [0.29, 0.717) is 13.2 Å². The summed E-state index contributed by atoms with van der Waals surface area (Å²) in [6, 6.07) is 17.1. The molecule has 0 heterocycles. The van der Waals surface area contributed by atoms with Gasteiger partial charge in [-0.25, -0.2) is 0 Å². The molecule has 2 aromatic rings. The highest BCUT2D eigenvalue weighted by atomic mass is 16.5. The summed E-state index contributed by atoms with van der Waals surface area (Å²) in [7, 11) is 0. The summed E-state index contributed by atoms with van der Waals surface area (Å²) in [5, 5.41) is 11.5. The molecule has 5 nitrogen and oxygen atoms in total. The number of nitrogens with zero attached hydrogens (tertiary/aromatic N) is 2. The highest BCUT2D eigenvalue weighted by Crippen LogP contribution is 2.19. The average Bonchev–Trinajstić information content (AvgIpc) is 2.51. The smallest absolute Gasteiger partial charge is 0.302 e. The molecule has 0 atom stereocenters. The van der Waals surface area contributed by atoms with Crippen LogP contribution in [0.3, 0.4) is 0 Å². The van der Waals surface area contributed by atoms with Gasteiger partial charge in [0.05, 0.1) is 11.4 Å². The van der Waals surface area contributed by atoms with Gasteiger partial charge in [0.15, 0.2) is 0 Å². The Labute approximate surface area is 123 Å². The van der Waals surface area contributed by atoms with Gasteiger partial charge in [-0.05, 0) is 36.4 Å². The molecule has 0 fully saturated rings. The first-order valence-electron chi connectivity index (χ1n) is 6.68. The molecule has 0 unspecified atom stereocenters. The summed E-state index contributed by atoms with van der Waals surface area (Å²) >= 11 is 0. The van der Waals surface area contributed by atoms with Gasteiger partial charge in [-0.3, -0.25) is 4.79 Å². The topological polar surface area (TPSA) is 63.0 Å². The zero-order valence-electron chi connectivity index (χ0n) is 11.8. The highest BCUT2D eigenvalue weighted by Gasteiger charge is 1.95. The molecular weight excluding hydrogens is 266 g/mol. The van der Waals surface area contributed by atoms with Crippen LogP contribution in [0.4, 0.5) is 17.1 Å². The second kappa shape index (κ2) is 7.79. The molecule has 0 amide bonds. The van der Waals surface area contributed by atoms with Crippen LogP contribution in [0.1, 0.15) is 6.92 Å². The molecule has 0 saturated carbocycles. The van der Waals surface area contributed by atoms with E-state index >= 15 is 0 Å². The third-order valence-corrected chi connectivity index (χ3v) is 2.64. The van der Waals surface area contributed by atoms with Crippen LogP contribution in [0.2, 0.25) is 0 Å². The van der Waals surface area contributed by atoms with Crippen LogP contribution in [0.25, 0.3) is 0 Å². The summed E-state index contributed by atoms with van der Waals surface area (Å²) in [6.07, 6.45) is 0. The summed E-state index contributed by atoms with van der Waals surface area (Å²) in [4.78, 5) is 10.6. The molecule has 2 rings (SSSR count). The summed E-state index contributed by atoms with van der Waals surface area (Å²) in [6.45, 7) is 2.32. The van der Waals surface area contributed by atoms with Gasteiger partial charge in [0, 0.05) is 19.2 Å². The summed E-state index contributed by atoms with van der Waals surface area (Å²) in [5.74, 6) is -0.270. The maximum absolute atomic E-state index is 10.6. The van der Waals surface area contributed by atoms with Crippen molar-refractivity contribution < 1.29 is 9.53 Å². The molecule has 0 radical (unpaired) electrons. The predicted molar refractivity (Wildman–Crippen MR) is 82.2 cm³/mol. The Balaban J connectivity index is 1.84. The molecular formula is C16H17N3O2. The van der Waals surface area contributed by atoms with Crippen LogP contribution >= 0.6 is 0 Å². The molecule has 0 spiro atoms. The van der Waals surface area contributed by atoms with E-state index in [9.17, 15) is 4.79 Å². The lowest BCUT2D eigenvalue weighted by Crippen LogP contribution is -2.11. The number of anilines is 1. The molecule has 0 aromatic heterocycles. The standard InChI is InChI=1S/C16H17N3O2/c1-13(20)21-12-11-17-14-7-9-16(10-8-14)19-18-15-5-3-2-4-6-15/h2-10,17H,11-12H2,1H3. The Kier molecular flexibility index (Phi) is 5.46. The Hall–Kier alpha value is -2.69. The first-order chi connectivity index (χ1) is 10.2. The Morgan fingerprint density at radius 2 is 1.62 bits per heavy atom. The second-order valence-corrected chi connectivity index (χ2v) is 4.35. The van der Waals surface area contributed by atoms with Gasteiger partial charge < -0.3 is 10.1 Å². The van der Waals surface area contributed by atoms with Gasteiger partial charge in [-0.1, -0.05) is 18.2 Å². The van der Waals surface area contributed by atoms with E-state index in [1.54, 1.807) is 0 Å². The minimum absolute atomic E-state index is 0.270. The van der Waals surface area contributed by atoms with Crippen LogP contribution in [0.5, 0.6) is 0 Å². The van der Waals surface area contributed by atoms with Gasteiger partial charge in [0.25, 0.3) is 0 Å². The number of benzene rings is 2. The summed E-state index contributed by atoms with van der Waals surface area (Å²) in [5.41, 5.74) is 2.55. The van der Waals surface area contributed by atoms with Crippen molar-refractivity contribution in [2.24, 2.45) is 10.2 Å². The second-order valence-electron chi connectivity index (χ2n) is 4.35. The van der Waals surface area contributed by atoms with Crippen molar-refractivity contribution in [2.45, 2.75) is 6.92 Å². The zero-order valence-corrected chi connectivity index (χ0v) is 11.8. The number of carbonyl (C=O) groups is 1. The lowest BCUT2D eigenvalue weighted by Gasteiger charge is -2.06. The van der Waals surface area contributed by atoms with Crippen LogP contribution < -0.4 is 5.32 Å². The van der Waals surface area contributed by atoms with E-state index in [1.807, 2.05) is 54.6 Å². The van der Waals surface area contributed by atoms with Gasteiger partial charge >= 0.3 is 5.97 Å². The minimum Gasteiger partial charge on any atom is -0.464 e. The van der Waals surface area contributed by atoms with E-state index in [2.05, 4.69) is 15.5 Å².